The third kappa shape index (κ3) is 4.32. The van der Waals surface area contributed by atoms with Crippen molar-refractivity contribution in [2.24, 2.45) is 0 Å². The molecule has 27 heavy (non-hydrogen) atoms. The average molecular weight is 408 g/mol. The second kappa shape index (κ2) is 8.55. The highest BCUT2D eigenvalue weighted by molar-refractivity contribution is 7.21. The standard InChI is InChI=1S/C18H17FN2O4S2/c1-3-25-14(22)7-10-9-26-18(20-10)21-17(23)16-11(8-24-2)15-12(19)5-4-6-13(15)27-16/h4-6,9H,3,7-8H2,1-2H3,(H,20,21,23). The summed E-state index contributed by atoms with van der Waals surface area (Å²) in [6, 6.07) is 4.73. The first-order valence-electron chi connectivity index (χ1n) is 8.13. The van der Waals surface area contributed by atoms with E-state index in [0.717, 1.165) is 0 Å². The molecule has 1 aromatic carbocycles. The minimum absolute atomic E-state index is 0.0449. The van der Waals surface area contributed by atoms with Gasteiger partial charge in [-0.25, -0.2) is 9.37 Å². The summed E-state index contributed by atoms with van der Waals surface area (Å²) in [7, 11) is 1.49. The van der Waals surface area contributed by atoms with Gasteiger partial charge in [-0.05, 0) is 19.1 Å². The number of aromatic nitrogens is 1. The molecular formula is C18H17FN2O4S2. The van der Waals surface area contributed by atoms with E-state index in [1.807, 2.05) is 0 Å². The van der Waals surface area contributed by atoms with Crippen molar-refractivity contribution < 1.29 is 23.5 Å². The van der Waals surface area contributed by atoms with Crippen molar-refractivity contribution >= 4 is 49.8 Å². The predicted octanol–water partition coefficient (Wildman–Crippen LogP) is 4.00. The molecule has 0 saturated heterocycles. The molecular weight excluding hydrogens is 391 g/mol. The molecule has 0 saturated carbocycles. The van der Waals surface area contributed by atoms with Crippen molar-refractivity contribution in [2.75, 3.05) is 19.0 Å². The third-order valence-electron chi connectivity index (χ3n) is 3.66. The highest BCUT2D eigenvalue weighted by atomic mass is 32.1. The summed E-state index contributed by atoms with van der Waals surface area (Å²) in [5, 5.41) is 5.16. The smallest absolute Gasteiger partial charge is 0.311 e. The van der Waals surface area contributed by atoms with Gasteiger partial charge in [-0.2, -0.15) is 0 Å². The molecule has 3 rings (SSSR count). The normalized spacial score (nSPS) is 10.9. The number of ether oxygens (including phenoxy) is 2. The summed E-state index contributed by atoms with van der Waals surface area (Å²) < 4.78 is 24.9. The number of carbonyl (C=O) groups excluding carboxylic acids is 2. The number of hydrogen-bond donors (Lipinski definition) is 1. The van der Waals surface area contributed by atoms with Crippen molar-refractivity contribution in [1.29, 1.82) is 0 Å². The Hall–Kier alpha value is -2.36. The largest absolute Gasteiger partial charge is 0.466 e. The lowest BCUT2D eigenvalue weighted by atomic mass is 10.1. The maximum absolute atomic E-state index is 14.2. The van der Waals surface area contributed by atoms with Gasteiger partial charge in [0, 0.05) is 28.1 Å². The molecule has 1 N–H and O–H groups in total. The van der Waals surface area contributed by atoms with Crippen LogP contribution in [0.5, 0.6) is 0 Å². The number of thiazole rings is 1. The SMILES string of the molecule is CCOC(=O)Cc1csc(NC(=O)c2sc3cccc(F)c3c2COC)n1. The summed E-state index contributed by atoms with van der Waals surface area (Å²) in [6.07, 6.45) is 0.0449. The second-order valence-electron chi connectivity index (χ2n) is 5.54. The molecule has 142 valence electrons. The number of fused-ring (bicyclic) bond motifs is 1. The lowest BCUT2D eigenvalue weighted by molar-refractivity contribution is -0.142. The van der Waals surface area contributed by atoms with Gasteiger partial charge in [0.2, 0.25) is 0 Å². The Bertz CT molecular complexity index is 983. The number of anilines is 1. The third-order valence-corrected chi connectivity index (χ3v) is 5.66. The number of rotatable bonds is 7. The number of amides is 1. The van der Waals surface area contributed by atoms with E-state index in [2.05, 4.69) is 10.3 Å². The van der Waals surface area contributed by atoms with Crippen LogP contribution in [0, 0.1) is 5.82 Å². The first-order valence-corrected chi connectivity index (χ1v) is 9.83. The van der Waals surface area contributed by atoms with E-state index in [4.69, 9.17) is 9.47 Å². The van der Waals surface area contributed by atoms with Crippen molar-refractivity contribution in [3.63, 3.8) is 0 Å². The van der Waals surface area contributed by atoms with E-state index in [-0.39, 0.29) is 30.7 Å². The number of esters is 1. The quantitative estimate of drug-likeness (QED) is 0.598. The molecule has 0 atom stereocenters. The van der Waals surface area contributed by atoms with Crippen LogP contribution in [0.1, 0.15) is 27.9 Å². The molecule has 0 bridgehead atoms. The lowest BCUT2D eigenvalue weighted by Gasteiger charge is -2.04. The number of methoxy groups -OCH3 is 1. The number of nitrogens with one attached hydrogen (secondary N) is 1. The monoisotopic (exact) mass is 408 g/mol. The van der Waals surface area contributed by atoms with Gasteiger partial charge in [0.25, 0.3) is 5.91 Å². The highest BCUT2D eigenvalue weighted by Crippen LogP contribution is 2.34. The maximum atomic E-state index is 14.2. The van der Waals surface area contributed by atoms with Gasteiger partial charge in [-0.15, -0.1) is 22.7 Å². The second-order valence-corrected chi connectivity index (χ2v) is 7.45. The molecule has 3 aromatic rings. The number of hydrogen-bond acceptors (Lipinski definition) is 7. The Morgan fingerprint density at radius 2 is 2.15 bits per heavy atom. The van der Waals surface area contributed by atoms with E-state index in [9.17, 15) is 14.0 Å². The molecule has 9 heteroatoms. The van der Waals surface area contributed by atoms with Gasteiger partial charge < -0.3 is 9.47 Å². The van der Waals surface area contributed by atoms with Crippen LogP contribution in [0.2, 0.25) is 0 Å². The van der Waals surface area contributed by atoms with Crippen LogP contribution in [0.4, 0.5) is 9.52 Å². The summed E-state index contributed by atoms with van der Waals surface area (Å²) in [4.78, 5) is 28.8. The fourth-order valence-electron chi connectivity index (χ4n) is 2.59. The first kappa shape index (κ1) is 19.4. The van der Waals surface area contributed by atoms with Gasteiger partial charge in [-0.3, -0.25) is 14.9 Å². The van der Waals surface area contributed by atoms with Gasteiger partial charge in [-0.1, -0.05) is 6.07 Å². The zero-order chi connectivity index (χ0) is 19.4. The number of benzene rings is 1. The Balaban J connectivity index is 1.82. The topological polar surface area (TPSA) is 77.5 Å². The van der Waals surface area contributed by atoms with Gasteiger partial charge in [0.1, 0.15) is 5.82 Å². The van der Waals surface area contributed by atoms with Crippen LogP contribution in [0.15, 0.2) is 23.6 Å². The number of nitrogens with zero attached hydrogens (tertiary/aromatic N) is 1. The zero-order valence-corrected chi connectivity index (χ0v) is 16.3. The molecule has 0 aliphatic heterocycles. The zero-order valence-electron chi connectivity index (χ0n) is 14.7. The van der Waals surface area contributed by atoms with Crippen LogP contribution < -0.4 is 5.32 Å². The fourth-order valence-corrected chi connectivity index (χ4v) is 4.41. The molecule has 6 nitrogen and oxygen atoms in total. The molecule has 0 aliphatic rings. The maximum Gasteiger partial charge on any atom is 0.311 e. The molecule has 0 aliphatic carbocycles. The van der Waals surface area contributed by atoms with Gasteiger partial charge >= 0.3 is 5.97 Å². The minimum atomic E-state index is -0.389. The number of halogens is 1. The number of thiophene rings is 1. The van der Waals surface area contributed by atoms with Crippen LogP contribution in [-0.4, -0.2) is 30.6 Å². The van der Waals surface area contributed by atoms with E-state index in [1.54, 1.807) is 24.4 Å². The molecule has 2 aromatic heterocycles. The molecule has 0 radical (unpaired) electrons. The minimum Gasteiger partial charge on any atom is -0.466 e. The summed E-state index contributed by atoms with van der Waals surface area (Å²) >= 11 is 2.41. The summed E-state index contributed by atoms with van der Waals surface area (Å²) in [6.45, 7) is 2.16. The van der Waals surface area contributed by atoms with E-state index >= 15 is 0 Å². The highest BCUT2D eigenvalue weighted by Gasteiger charge is 2.21. The molecule has 0 fully saturated rings. The Labute approximate surface area is 162 Å². The van der Waals surface area contributed by atoms with Crippen molar-refractivity contribution in [1.82, 2.24) is 4.98 Å². The Morgan fingerprint density at radius 3 is 2.89 bits per heavy atom. The number of carbonyl (C=O) groups is 2. The van der Waals surface area contributed by atoms with Crippen LogP contribution in [0.25, 0.3) is 10.1 Å². The Kier molecular flexibility index (Phi) is 6.15. The van der Waals surface area contributed by atoms with Gasteiger partial charge in [0.15, 0.2) is 5.13 Å². The van der Waals surface area contributed by atoms with E-state index in [1.165, 1.54) is 35.8 Å². The fraction of sp³-hybridized carbons (Fsp3) is 0.278. The van der Waals surface area contributed by atoms with Gasteiger partial charge in [0.05, 0.1) is 30.2 Å². The summed E-state index contributed by atoms with van der Waals surface area (Å²) in [5.41, 5.74) is 1.03. The lowest BCUT2D eigenvalue weighted by Crippen LogP contribution is -2.13. The Morgan fingerprint density at radius 1 is 1.33 bits per heavy atom. The van der Waals surface area contributed by atoms with Crippen molar-refractivity contribution in [3.05, 3.63) is 45.5 Å². The van der Waals surface area contributed by atoms with Crippen molar-refractivity contribution in [2.45, 2.75) is 20.0 Å². The molecule has 0 unspecified atom stereocenters. The van der Waals surface area contributed by atoms with Crippen LogP contribution >= 0.6 is 22.7 Å². The van der Waals surface area contributed by atoms with Crippen molar-refractivity contribution in [3.8, 4) is 0 Å². The van der Waals surface area contributed by atoms with E-state index in [0.29, 0.717) is 38.0 Å². The average Bonchev–Trinajstić information content (AvgIpc) is 3.21. The van der Waals surface area contributed by atoms with E-state index < -0.39 is 0 Å². The van der Waals surface area contributed by atoms with Crippen LogP contribution in [-0.2, 0) is 27.3 Å². The molecule has 1 amide bonds. The summed E-state index contributed by atoms with van der Waals surface area (Å²) in [5.74, 6) is -1.15. The molecule has 0 spiro atoms. The predicted molar refractivity (Wildman–Crippen MR) is 103 cm³/mol. The molecule has 2 heterocycles. The first-order chi connectivity index (χ1) is 13.0. The van der Waals surface area contributed by atoms with Crippen LogP contribution in [0.3, 0.4) is 0 Å².